The van der Waals surface area contributed by atoms with Gasteiger partial charge in [0.1, 0.15) is 0 Å². The van der Waals surface area contributed by atoms with Crippen molar-refractivity contribution in [1.82, 2.24) is 10.9 Å². The molecule has 0 aromatic carbocycles. The van der Waals surface area contributed by atoms with Crippen molar-refractivity contribution in [3.63, 3.8) is 0 Å². The van der Waals surface area contributed by atoms with Gasteiger partial charge in [-0.25, -0.2) is 0 Å². The highest BCUT2D eigenvalue weighted by atomic mass is 16.7. The normalized spacial score (nSPS) is 11.1. The number of nitrogens with one attached hydrogen (secondary N) is 2. The average Bonchev–Trinajstić information content (AvgIpc) is 2.59. The number of carbonyl (C=O) groups is 2. The van der Waals surface area contributed by atoms with E-state index < -0.39 is 78.6 Å². The Hall–Kier alpha value is -4.66. The van der Waals surface area contributed by atoms with E-state index >= 15 is 0 Å². The van der Waals surface area contributed by atoms with E-state index in [1.807, 2.05) is 0 Å². The topological polar surface area (TPSA) is 317 Å². The second kappa shape index (κ2) is 9.51. The largest absolute Gasteiger partial charge is 0.700 e. The molecule has 0 aromatic heterocycles. The zero-order chi connectivity index (χ0) is 23.9. The smallest absolute Gasteiger partial charge is 0.273 e. The molecule has 30 heavy (non-hydrogen) atoms. The maximum absolute atomic E-state index is 11.5. The van der Waals surface area contributed by atoms with Crippen LogP contribution in [0.25, 0.3) is 0 Å². The van der Waals surface area contributed by atoms with Crippen LogP contribution in [0.4, 0.5) is 0 Å². The molecule has 0 fully saturated rings. The minimum atomic E-state index is -3.94. The molecule has 0 heterocycles. The monoisotopic (exact) mass is 442 g/mol. The van der Waals surface area contributed by atoms with E-state index in [0.29, 0.717) is 0 Å². The highest BCUT2D eigenvalue weighted by Crippen LogP contribution is 2.20. The Kier molecular flexibility index (Phi) is 8.03. The van der Waals surface area contributed by atoms with E-state index in [1.165, 1.54) is 10.9 Å². The molecule has 0 aliphatic heterocycles. The van der Waals surface area contributed by atoms with Gasteiger partial charge >= 0.3 is 11.6 Å². The molecule has 0 bridgehead atoms. The fourth-order valence-electron chi connectivity index (χ4n) is 1.77. The van der Waals surface area contributed by atoms with Gasteiger partial charge in [-0.2, -0.15) is 0 Å². The van der Waals surface area contributed by atoms with Crippen LogP contribution < -0.4 is 10.9 Å². The van der Waals surface area contributed by atoms with Gasteiger partial charge in [-0.1, -0.05) is 0 Å². The number of amides is 2. The van der Waals surface area contributed by atoms with Crippen LogP contribution in [0.1, 0.15) is 25.7 Å². The summed E-state index contributed by atoms with van der Waals surface area (Å²) >= 11 is 0. The van der Waals surface area contributed by atoms with Gasteiger partial charge in [0.2, 0.25) is 11.8 Å². The molecular weight excluding hydrogens is 432 g/mol. The van der Waals surface area contributed by atoms with Crippen molar-refractivity contribution < 1.29 is 39.1 Å². The lowest BCUT2D eigenvalue weighted by atomic mass is 10.2. The third-order valence-corrected chi connectivity index (χ3v) is 3.47. The Morgan fingerprint density at radius 3 is 0.900 bits per heavy atom. The van der Waals surface area contributed by atoms with Gasteiger partial charge < -0.3 is 0 Å². The van der Waals surface area contributed by atoms with E-state index in [9.17, 15) is 70.3 Å². The van der Waals surface area contributed by atoms with Gasteiger partial charge in [-0.05, 0) is 0 Å². The summed E-state index contributed by atoms with van der Waals surface area (Å²) in [4.78, 5) is 76.0. The second-order valence-electron chi connectivity index (χ2n) is 5.19. The first-order valence-corrected chi connectivity index (χ1v) is 7.10. The molecule has 0 spiro atoms. The van der Waals surface area contributed by atoms with Crippen molar-refractivity contribution in [1.29, 1.82) is 0 Å². The summed E-state index contributed by atoms with van der Waals surface area (Å²) in [6, 6.07) is 0. The SMILES string of the molecule is O=C(CCC([N+](=O)[O-])([N+](=O)[O-])[N+](=O)[O-])NNC(=O)CCC([N+](=O)[O-])([N+](=O)[O-])[N+](=O)[O-]. The zero-order valence-electron chi connectivity index (χ0n) is 14.2. The lowest BCUT2D eigenvalue weighted by Crippen LogP contribution is -2.54. The highest BCUT2D eigenvalue weighted by Gasteiger charge is 2.70. The van der Waals surface area contributed by atoms with Gasteiger partial charge in [-0.15, -0.1) is 0 Å². The Bertz CT molecular complexity index is 670. The van der Waals surface area contributed by atoms with E-state index in [4.69, 9.17) is 0 Å². The maximum atomic E-state index is 11.5. The van der Waals surface area contributed by atoms with Crippen molar-refractivity contribution in [2.24, 2.45) is 0 Å². The third kappa shape index (κ3) is 4.98. The summed E-state index contributed by atoms with van der Waals surface area (Å²) < 4.78 is 0. The summed E-state index contributed by atoms with van der Waals surface area (Å²) in [5.74, 6) is -10.7. The van der Waals surface area contributed by atoms with Crippen molar-refractivity contribution in [3.05, 3.63) is 60.7 Å². The van der Waals surface area contributed by atoms with E-state index in [0.717, 1.165) is 0 Å². The summed E-state index contributed by atoms with van der Waals surface area (Å²) in [7, 11) is 0. The van der Waals surface area contributed by atoms with Gasteiger partial charge in [0, 0.05) is 0 Å². The Morgan fingerprint density at radius 2 is 0.733 bits per heavy atom. The molecule has 2 amide bonds. The van der Waals surface area contributed by atoms with Crippen LogP contribution in [0, 0.1) is 60.7 Å². The summed E-state index contributed by atoms with van der Waals surface area (Å²) in [6.07, 6.45) is -5.50. The number of carbonyl (C=O) groups excluding carboxylic acids is 2. The first-order valence-electron chi connectivity index (χ1n) is 7.10. The molecule has 22 nitrogen and oxygen atoms in total. The molecule has 0 aromatic rings. The lowest BCUT2D eigenvalue weighted by Gasteiger charge is -2.11. The number of hydrazine groups is 1. The fraction of sp³-hybridized carbons (Fsp3) is 0.750. The lowest BCUT2D eigenvalue weighted by molar-refractivity contribution is -0.970. The van der Waals surface area contributed by atoms with Crippen LogP contribution in [0.15, 0.2) is 0 Å². The van der Waals surface area contributed by atoms with Crippen LogP contribution >= 0.6 is 0 Å². The Morgan fingerprint density at radius 1 is 0.533 bits per heavy atom. The van der Waals surface area contributed by atoms with E-state index in [2.05, 4.69) is 0 Å². The van der Waals surface area contributed by atoms with Crippen LogP contribution in [0.2, 0.25) is 0 Å². The van der Waals surface area contributed by atoms with Gasteiger partial charge in [0.25, 0.3) is 0 Å². The summed E-state index contributed by atoms with van der Waals surface area (Å²) in [6.45, 7) is 0. The molecule has 0 rings (SSSR count). The number of hydrogen-bond acceptors (Lipinski definition) is 14. The number of nitro groups is 6. The zero-order valence-corrected chi connectivity index (χ0v) is 14.2. The second-order valence-corrected chi connectivity index (χ2v) is 5.19. The molecule has 0 radical (unpaired) electrons. The summed E-state index contributed by atoms with van der Waals surface area (Å²) in [5.41, 5.74) is 2.96. The van der Waals surface area contributed by atoms with Crippen molar-refractivity contribution in [2.75, 3.05) is 0 Å². The Labute approximate surface area is 161 Å². The molecule has 0 aliphatic carbocycles. The molecule has 0 unspecified atom stereocenters. The van der Waals surface area contributed by atoms with Crippen molar-refractivity contribution >= 4 is 11.8 Å². The highest BCUT2D eigenvalue weighted by molar-refractivity contribution is 5.81. The fourth-order valence-corrected chi connectivity index (χ4v) is 1.77. The number of rotatable bonds is 12. The van der Waals surface area contributed by atoms with E-state index in [1.54, 1.807) is 0 Å². The Balaban J connectivity index is 4.96. The van der Waals surface area contributed by atoms with Crippen LogP contribution in [0.3, 0.4) is 0 Å². The molecular formula is C8H10N8O14. The first kappa shape index (κ1) is 25.3. The van der Waals surface area contributed by atoms with Gasteiger partial charge in [0.05, 0.1) is 12.8 Å². The molecule has 166 valence electrons. The molecule has 0 saturated heterocycles. The quantitative estimate of drug-likeness (QED) is 0.182. The van der Waals surface area contributed by atoms with Gasteiger partial charge in [-0.3, -0.25) is 81.1 Å². The molecule has 22 heteroatoms. The molecule has 0 atom stereocenters. The summed E-state index contributed by atoms with van der Waals surface area (Å²) in [5, 5.41) is 64.1. The predicted octanol–water partition coefficient (Wildman–Crippen LogP) is -2.34. The minimum Gasteiger partial charge on any atom is -0.273 e. The van der Waals surface area contributed by atoms with E-state index in [-0.39, 0.29) is 0 Å². The van der Waals surface area contributed by atoms with Gasteiger partial charge in [0.15, 0.2) is 42.4 Å². The van der Waals surface area contributed by atoms with Crippen LogP contribution in [-0.4, -0.2) is 52.9 Å². The third-order valence-electron chi connectivity index (χ3n) is 3.47. The molecule has 0 saturated carbocycles. The van der Waals surface area contributed by atoms with Crippen molar-refractivity contribution in [2.45, 2.75) is 37.3 Å². The number of nitrogens with zero attached hydrogens (tertiary/aromatic N) is 6. The maximum Gasteiger partial charge on any atom is 0.700 e. The van der Waals surface area contributed by atoms with Crippen LogP contribution in [-0.2, 0) is 9.59 Å². The predicted molar refractivity (Wildman–Crippen MR) is 82.2 cm³/mol. The number of hydrogen-bond donors (Lipinski definition) is 2. The minimum absolute atomic E-state index is 1.22. The average molecular weight is 442 g/mol. The van der Waals surface area contributed by atoms with Crippen LogP contribution in [0.5, 0.6) is 0 Å². The first-order chi connectivity index (χ1) is 13.7. The van der Waals surface area contributed by atoms with Crippen molar-refractivity contribution in [3.8, 4) is 0 Å². The molecule has 2 N–H and O–H groups in total. The standard InChI is InChI=1S/C8H10N8O14/c17-5(1-3-7(11(19)20,12(21)22)13(23)24)9-10-6(18)2-4-8(14(25)26,15(27)28)16(29)30/h1-4H2,(H,9,17)(H,10,18). The molecule has 0 aliphatic rings.